The SMILES string of the molecule is CSc1nnc(-c2ccc(-c3c[nH]c4ccccc34)s2)o1. The van der Waals surface area contributed by atoms with Gasteiger partial charge in [-0.05, 0) is 24.5 Å². The van der Waals surface area contributed by atoms with E-state index in [0.717, 1.165) is 10.4 Å². The van der Waals surface area contributed by atoms with Crippen molar-refractivity contribution >= 4 is 34.0 Å². The predicted molar refractivity (Wildman–Crippen MR) is 86.7 cm³/mol. The average molecular weight is 313 g/mol. The molecule has 21 heavy (non-hydrogen) atoms. The van der Waals surface area contributed by atoms with Crippen LogP contribution in [0.15, 0.2) is 52.2 Å². The second-order valence-corrected chi connectivity index (χ2v) is 6.33. The van der Waals surface area contributed by atoms with Gasteiger partial charge in [-0.2, -0.15) is 0 Å². The summed E-state index contributed by atoms with van der Waals surface area (Å²) in [6.45, 7) is 0. The van der Waals surface area contributed by atoms with Crippen LogP contribution < -0.4 is 0 Å². The maximum atomic E-state index is 5.58. The monoisotopic (exact) mass is 313 g/mol. The van der Waals surface area contributed by atoms with Gasteiger partial charge in [-0.1, -0.05) is 30.0 Å². The van der Waals surface area contributed by atoms with Gasteiger partial charge >= 0.3 is 0 Å². The Morgan fingerprint density at radius 2 is 1.95 bits per heavy atom. The molecule has 0 saturated heterocycles. The van der Waals surface area contributed by atoms with E-state index in [2.05, 4.69) is 39.4 Å². The molecule has 104 valence electrons. The molecule has 3 aromatic heterocycles. The molecule has 4 rings (SSSR count). The van der Waals surface area contributed by atoms with Crippen molar-refractivity contribution in [2.75, 3.05) is 6.26 Å². The Morgan fingerprint density at radius 3 is 2.81 bits per heavy atom. The molecule has 4 aromatic rings. The van der Waals surface area contributed by atoms with E-state index in [-0.39, 0.29) is 0 Å². The van der Waals surface area contributed by atoms with E-state index in [0.29, 0.717) is 11.1 Å². The summed E-state index contributed by atoms with van der Waals surface area (Å²) in [4.78, 5) is 5.48. The Hall–Kier alpha value is -2.05. The van der Waals surface area contributed by atoms with Gasteiger partial charge < -0.3 is 9.40 Å². The third-order valence-electron chi connectivity index (χ3n) is 3.25. The van der Waals surface area contributed by atoms with Crippen LogP contribution in [0.5, 0.6) is 0 Å². The predicted octanol–water partition coefficient (Wildman–Crippen LogP) is 4.67. The van der Waals surface area contributed by atoms with Crippen LogP contribution in [0.3, 0.4) is 0 Å². The summed E-state index contributed by atoms with van der Waals surface area (Å²) < 4.78 is 5.58. The first-order valence-electron chi connectivity index (χ1n) is 6.39. The summed E-state index contributed by atoms with van der Waals surface area (Å²) in [5.41, 5.74) is 2.34. The fourth-order valence-electron chi connectivity index (χ4n) is 2.26. The fraction of sp³-hybridized carbons (Fsp3) is 0.0667. The number of rotatable bonds is 3. The van der Waals surface area contributed by atoms with Crippen LogP contribution in [0.1, 0.15) is 0 Å². The number of hydrogen-bond acceptors (Lipinski definition) is 5. The average Bonchev–Trinajstić information content (AvgIpc) is 3.24. The van der Waals surface area contributed by atoms with E-state index in [1.165, 1.54) is 27.6 Å². The topological polar surface area (TPSA) is 54.7 Å². The molecule has 0 amide bonds. The lowest BCUT2D eigenvalue weighted by Crippen LogP contribution is -1.70. The number of H-pyrrole nitrogens is 1. The van der Waals surface area contributed by atoms with Gasteiger partial charge in [0.25, 0.3) is 11.1 Å². The maximum absolute atomic E-state index is 5.58. The molecular weight excluding hydrogens is 302 g/mol. The normalized spacial score (nSPS) is 11.3. The highest BCUT2D eigenvalue weighted by atomic mass is 32.2. The van der Waals surface area contributed by atoms with Crippen LogP contribution in [0.4, 0.5) is 0 Å². The highest BCUT2D eigenvalue weighted by molar-refractivity contribution is 7.98. The van der Waals surface area contributed by atoms with E-state index in [1.54, 1.807) is 11.3 Å². The minimum absolute atomic E-state index is 0.579. The molecule has 0 fully saturated rings. The number of aromatic nitrogens is 3. The molecule has 6 heteroatoms. The second kappa shape index (κ2) is 5.05. The van der Waals surface area contributed by atoms with Gasteiger partial charge in [0.2, 0.25) is 0 Å². The molecular formula is C15H11N3OS2. The molecule has 0 bridgehead atoms. The van der Waals surface area contributed by atoms with Crippen LogP contribution in [0.25, 0.3) is 32.1 Å². The van der Waals surface area contributed by atoms with Crippen molar-refractivity contribution in [1.29, 1.82) is 0 Å². The van der Waals surface area contributed by atoms with Crippen molar-refractivity contribution < 1.29 is 4.42 Å². The first-order valence-corrected chi connectivity index (χ1v) is 8.43. The number of benzene rings is 1. The van der Waals surface area contributed by atoms with Crippen molar-refractivity contribution in [2.45, 2.75) is 5.22 Å². The van der Waals surface area contributed by atoms with E-state index >= 15 is 0 Å². The van der Waals surface area contributed by atoms with Crippen molar-refractivity contribution in [3.05, 3.63) is 42.6 Å². The lowest BCUT2D eigenvalue weighted by molar-refractivity contribution is 0.467. The van der Waals surface area contributed by atoms with Crippen LogP contribution in [0, 0.1) is 0 Å². The number of thiophene rings is 1. The van der Waals surface area contributed by atoms with Crippen molar-refractivity contribution in [3.8, 4) is 21.2 Å². The zero-order chi connectivity index (χ0) is 14.2. The molecule has 0 radical (unpaired) electrons. The third kappa shape index (κ3) is 2.16. The molecule has 0 aliphatic heterocycles. The number of para-hydroxylation sites is 1. The van der Waals surface area contributed by atoms with E-state index in [9.17, 15) is 0 Å². The maximum Gasteiger partial charge on any atom is 0.276 e. The van der Waals surface area contributed by atoms with Gasteiger partial charge in [-0.25, -0.2) is 0 Å². The van der Waals surface area contributed by atoms with E-state index < -0.39 is 0 Å². The Kier molecular flexibility index (Phi) is 3.05. The molecule has 0 saturated carbocycles. The molecule has 0 aliphatic carbocycles. The molecule has 1 aromatic carbocycles. The summed E-state index contributed by atoms with van der Waals surface area (Å²) in [6.07, 6.45) is 3.96. The number of nitrogens with zero attached hydrogens (tertiary/aromatic N) is 2. The number of hydrogen-bond donors (Lipinski definition) is 1. The Bertz CT molecular complexity index is 906. The number of nitrogens with one attached hydrogen (secondary N) is 1. The minimum Gasteiger partial charge on any atom is -0.410 e. The van der Waals surface area contributed by atoms with Gasteiger partial charge in [0.1, 0.15) is 0 Å². The molecule has 0 spiro atoms. The molecule has 0 aliphatic rings. The minimum atomic E-state index is 0.579. The van der Waals surface area contributed by atoms with Crippen molar-refractivity contribution in [2.24, 2.45) is 0 Å². The van der Waals surface area contributed by atoms with Crippen molar-refractivity contribution in [1.82, 2.24) is 15.2 Å². The molecule has 3 heterocycles. The highest BCUT2D eigenvalue weighted by Crippen LogP contribution is 2.37. The second-order valence-electron chi connectivity index (χ2n) is 4.49. The standard InChI is InChI=1S/C15H11N3OS2/c1-20-15-18-17-14(19-15)13-7-6-12(21-13)10-8-16-11-5-3-2-4-9(10)11/h2-8,16H,1H3. The fourth-order valence-corrected chi connectivity index (χ4v) is 3.51. The summed E-state index contributed by atoms with van der Waals surface area (Å²) in [5.74, 6) is 0.579. The lowest BCUT2D eigenvalue weighted by atomic mass is 10.1. The summed E-state index contributed by atoms with van der Waals surface area (Å²) in [6, 6.07) is 12.4. The summed E-state index contributed by atoms with van der Waals surface area (Å²) in [7, 11) is 0. The zero-order valence-corrected chi connectivity index (χ0v) is 12.8. The zero-order valence-electron chi connectivity index (χ0n) is 11.2. The highest BCUT2D eigenvalue weighted by Gasteiger charge is 2.13. The molecule has 0 unspecified atom stereocenters. The first kappa shape index (κ1) is 12.7. The largest absolute Gasteiger partial charge is 0.410 e. The van der Waals surface area contributed by atoms with Crippen LogP contribution in [-0.4, -0.2) is 21.4 Å². The van der Waals surface area contributed by atoms with E-state index in [1.807, 2.05) is 24.6 Å². The van der Waals surface area contributed by atoms with Gasteiger partial charge in [-0.15, -0.1) is 21.5 Å². The molecule has 4 nitrogen and oxygen atoms in total. The molecule has 0 atom stereocenters. The van der Waals surface area contributed by atoms with Gasteiger partial charge in [-0.3, -0.25) is 0 Å². The quantitative estimate of drug-likeness (QED) is 0.558. The first-order chi connectivity index (χ1) is 10.3. The number of aromatic amines is 1. The smallest absolute Gasteiger partial charge is 0.276 e. The Labute approximate surface area is 129 Å². The van der Waals surface area contributed by atoms with Gasteiger partial charge in [0, 0.05) is 27.5 Å². The van der Waals surface area contributed by atoms with Gasteiger partial charge in [0.15, 0.2) is 0 Å². The molecule has 1 N–H and O–H groups in total. The number of fused-ring (bicyclic) bond motifs is 1. The summed E-state index contributed by atoms with van der Waals surface area (Å²) >= 11 is 3.11. The van der Waals surface area contributed by atoms with Crippen LogP contribution in [0.2, 0.25) is 0 Å². The Balaban J connectivity index is 1.77. The Morgan fingerprint density at radius 1 is 1.10 bits per heavy atom. The summed E-state index contributed by atoms with van der Waals surface area (Å²) in [5, 5.41) is 9.87. The third-order valence-corrected chi connectivity index (χ3v) is 4.87. The lowest BCUT2D eigenvalue weighted by Gasteiger charge is -1.94. The van der Waals surface area contributed by atoms with Gasteiger partial charge in [0.05, 0.1) is 4.88 Å². The van der Waals surface area contributed by atoms with E-state index in [4.69, 9.17) is 4.42 Å². The number of thioether (sulfide) groups is 1. The van der Waals surface area contributed by atoms with Crippen LogP contribution >= 0.6 is 23.1 Å². The van der Waals surface area contributed by atoms with Crippen molar-refractivity contribution in [3.63, 3.8) is 0 Å². The van der Waals surface area contributed by atoms with Crippen LogP contribution in [-0.2, 0) is 0 Å².